The minimum absolute atomic E-state index is 0.142. The van der Waals surface area contributed by atoms with Crippen LogP contribution in [0, 0.1) is 12.8 Å². The van der Waals surface area contributed by atoms with E-state index >= 15 is 0 Å². The summed E-state index contributed by atoms with van der Waals surface area (Å²) in [6.45, 7) is 4.66. The Morgan fingerprint density at radius 3 is 2.69 bits per heavy atom. The third-order valence-electron chi connectivity index (χ3n) is 2.88. The van der Waals surface area contributed by atoms with Crippen molar-refractivity contribution in [1.82, 2.24) is 0 Å². The Kier molecular flexibility index (Phi) is 5.46. The highest BCUT2D eigenvalue weighted by atomic mass is 79.9. The third-order valence-corrected chi connectivity index (χ3v) is 3.60. The molecule has 0 bridgehead atoms. The summed E-state index contributed by atoms with van der Waals surface area (Å²) in [5.74, 6) is 0.142. The molecular weight excluding hydrogens is 266 g/mol. The van der Waals surface area contributed by atoms with Gasteiger partial charge < -0.3 is 10.8 Å². The Morgan fingerprint density at radius 1 is 1.44 bits per heavy atom. The van der Waals surface area contributed by atoms with Crippen LogP contribution in [0.4, 0.5) is 0 Å². The molecule has 1 aromatic carbocycles. The number of benzene rings is 1. The molecule has 0 aliphatic carbocycles. The van der Waals surface area contributed by atoms with Crippen LogP contribution in [0.15, 0.2) is 22.7 Å². The SMILES string of the molecule is CCCC(CN)C(O)c1cc(C)ccc1Br. The number of halogens is 1. The van der Waals surface area contributed by atoms with Crippen molar-refractivity contribution in [3.8, 4) is 0 Å². The van der Waals surface area contributed by atoms with Crippen LogP contribution in [0.25, 0.3) is 0 Å². The summed E-state index contributed by atoms with van der Waals surface area (Å²) >= 11 is 3.48. The fraction of sp³-hybridized carbons (Fsp3) is 0.538. The molecule has 16 heavy (non-hydrogen) atoms. The molecule has 0 saturated carbocycles. The molecule has 90 valence electrons. The first-order valence-electron chi connectivity index (χ1n) is 5.74. The van der Waals surface area contributed by atoms with Crippen LogP contribution in [0.5, 0.6) is 0 Å². The quantitative estimate of drug-likeness (QED) is 0.873. The van der Waals surface area contributed by atoms with Gasteiger partial charge >= 0.3 is 0 Å². The summed E-state index contributed by atoms with van der Waals surface area (Å²) in [7, 11) is 0. The van der Waals surface area contributed by atoms with Gasteiger partial charge in [0, 0.05) is 10.4 Å². The van der Waals surface area contributed by atoms with E-state index in [4.69, 9.17) is 5.73 Å². The molecular formula is C13H20BrNO. The number of hydrogen-bond donors (Lipinski definition) is 2. The van der Waals surface area contributed by atoms with Gasteiger partial charge in [-0.25, -0.2) is 0 Å². The first kappa shape index (κ1) is 13.7. The fourth-order valence-corrected chi connectivity index (χ4v) is 2.40. The highest BCUT2D eigenvalue weighted by molar-refractivity contribution is 9.10. The average molecular weight is 286 g/mol. The van der Waals surface area contributed by atoms with Crippen molar-refractivity contribution in [3.63, 3.8) is 0 Å². The molecule has 2 nitrogen and oxygen atoms in total. The van der Waals surface area contributed by atoms with Crippen molar-refractivity contribution in [3.05, 3.63) is 33.8 Å². The van der Waals surface area contributed by atoms with Gasteiger partial charge in [0.25, 0.3) is 0 Å². The second kappa shape index (κ2) is 6.38. The highest BCUT2D eigenvalue weighted by Gasteiger charge is 2.20. The molecule has 1 rings (SSSR count). The molecule has 0 radical (unpaired) electrons. The standard InChI is InChI=1S/C13H20BrNO/c1-3-4-10(8-15)13(16)11-7-9(2)5-6-12(11)14/h5-7,10,13,16H,3-4,8,15H2,1-2H3. The van der Waals surface area contributed by atoms with Crippen LogP contribution in [-0.4, -0.2) is 11.7 Å². The lowest BCUT2D eigenvalue weighted by Gasteiger charge is -2.22. The van der Waals surface area contributed by atoms with E-state index in [1.54, 1.807) is 0 Å². The highest BCUT2D eigenvalue weighted by Crippen LogP contribution is 2.31. The zero-order chi connectivity index (χ0) is 12.1. The summed E-state index contributed by atoms with van der Waals surface area (Å²) in [5, 5.41) is 10.3. The lowest BCUT2D eigenvalue weighted by atomic mass is 9.91. The topological polar surface area (TPSA) is 46.2 Å². The molecule has 0 amide bonds. The van der Waals surface area contributed by atoms with Crippen LogP contribution in [-0.2, 0) is 0 Å². The molecule has 0 spiro atoms. The van der Waals surface area contributed by atoms with Gasteiger partial charge in [-0.3, -0.25) is 0 Å². The van der Waals surface area contributed by atoms with Gasteiger partial charge in [0.2, 0.25) is 0 Å². The lowest BCUT2D eigenvalue weighted by molar-refractivity contribution is 0.106. The van der Waals surface area contributed by atoms with E-state index in [0.717, 1.165) is 28.4 Å². The predicted molar refractivity (Wildman–Crippen MR) is 71.3 cm³/mol. The number of hydrogen-bond acceptors (Lipinski definition) is 2. The van der Waals surface area contributed by atoms with Gasteiger partial charge in [-0.15, -0.1) is 0 Å². The second-order valence-corrected chi connectivity index (χ2v) is 5.11. The van der Waals surface area contributed by atoms with Gasteiger partial charge in [-0.2, -0.15) is 0 Å². The minimum Gasteiger partial charge on any atom is -0.388 e. The van der Waals surface area contributed by atoms with Crippen molar-refractivity contribution < 1.29 is 5.11 Å². The van der Waals surface area contributed by atoms with Gasteiger partial charge in [-0.05, 0) is 31.5 Å². The van der Waals surface area contributed by atoms with Gasteiger partial charge in [0.15, 0.2) is 0 Å². The molecule has 0 fully saturated rings. The largest absolute Gasteiger partial charge is 0.388 e. The van der Waals surface area contributed by atoms with Crippen molar-refractivity contribution in [1.29, 1.82) is 0 Å². The van der Waals surface area contributed by atoms with Gasteiger partial charge in [0.05, 0.1) is 6.10 Å². The third kappa shape index (κ3) is 3.30. The number of aliphatic hydroxyl groups excluding tert-OH is 1. The van der Waals surface area contributed by atoms with Crippen LogP contribution < -0.4 is 5.73 Å². The average Bonchev–Trinajstić information content (AvgIpc) is 2.28. The molecule has 2 atom stereocenters. The molecule has 0 saturated heterocycles. The number of nitrogens with two attached hydrogens (primary N) is 1. The fourth-order valence-electron chi connectivity index (χ4n) is 1.92. The second-order valence-electron chi connectivity index (χ2n) is 4.25. The van der Waals surface area contributed by atoms with E-state index in [0.29, 0.717) is 6.54 Å². The summed E-state index contributed by atoms with van der Waals surface area (Å²) in [6, 6.07) is 6.03. The van der Waals surface area contributed by atoms with Gasteiger partial charge in [-0.1, -0.05) is 47.0 Å². The van der Waals surface area contributed by atoms with E-state index in [2.05, 4.69) is 22.9 Å². The smallest absolute Gasteiger partial charge is 0.0841 e. The molecule has 0 heterocycles. The molecule has 3 N–H and O–H groups in total. The van der Waals surface area contributed by atoms with E-state index in [1.165, 1.54) is 0 Å². The van der Waals surface area contributed by atoms with Crippen molar-refractivity contribution in [2.45, 2.75) is 32.8 Å². The molecule has 3 heteroatoms. The zero-order valence-corrected chi connectivity index (χ0v) is 11.5. The Bertz CT molecular complexity index is 341. The summed E-state index contributed by atoms with van der Waals surface area (Å²) in [6.07, 6.45) is 1.53. The summed E-state index contributed by atoms with van der Waals surface area (Å²) < 4.78 is 0.958. The Balaban J connectivity index is 2.93. The summed E-state index contributed by atoms with van der Waals surface area (Å²) in [5.41, 5.74) is 7.81. The van der Waals surface area contributed by atoms with Crippen molar-refractivity contribution in [2.24, 2.45) is 11.7 Å². The van der Waals surface area contributed by atoms with Crippen LogP contribution in [0.2, 0.25) is 0 Å². The Labute approximate surface area is 106 Å². The van der Waals surface area contributed by atoms with Crippen molar-refractivity contribution in [2.75, 3.05) is 6.54 Å². The van der Waals surface area contributed by atoms with E-state index in [9.17, 15) is 5.11 Å². The number of rotatable bonds is 5. The normalized spacial score (nSPS) is 14.8. The summed E-state index contributed by atoms with van der Waals surface area (Å²) in [4.78, 5) is 0. The first-order valence-corrected chi connectivity index (χ1v) is 6.53. The Hall–Kier alpha value is -0.380. The van der Waals surface area contributed by atoms with E-state index < -0.39 is 6.10 Å². The minimum atomic E-state index is -0.473. The lowest BCUT2D eigenvalue weighted by Crippen LogP contribution is -2.22. The van der Waals surface area contributed by atoms with E-state index in [-0.39, 0.29) is 5.92 Å². The first-order chi connectivity index (χ1) is 7.60. The van der Waals surface area contributed by atoms with E-state index in [1.807, 2.05) is 25.1 Å². The maximum Gasteiger partial charge on any atom is 0.0841 e. The maximum atomic E-state index is 10.3. The molecule has 0 aliphatic heterocycles. The molecule has 2 unspecified atom stereocenters. The number of aliphatic hydroxyl groups is 1. The van der Waals surface area contributed by atoms with Crippen molar-refractivity contribution >= 4 is 15.9 Å². The zero-order valence-electron chi connectivity index (χ0n) is 9.91. The van der Waals surface area contributed by atoms with Crippen LogP contribution in [0.3, 0.4) is 0 Å². The monoisotopic (exact) mass is 285 g/mol. The molecule has 1 aromatic rings. The molecule has 0 aliphatic rings. The van der Waals surface area contributed by atoms with Crippen LogP contribution >= 0.6 is 15.9 Å². The Morgan fingerprint density at radius 2 is 2.12 bits per heavy atom. The van der Waals surface area contributed by atoms with Gasteiger partial charge in [0.1, 0.15) is 0 Å². The maximum absolute atomic E-state index is 10.3. The predicted octanol–water partition coefficient (Wildman–Crippen LogP) is 3.17. The number of aryl methyl sites for hydroxylation is 1. The van der Waals surface area contributed by atoms with Crippen LogP contribution in [0.1, 0.15) is 37.0 Å². The molecule has 0 aromatic heterocycles.